The third kappa shape index (κ3) is 2.50. The fourth-order valence-electron chi connectivity index (χ4n) is 7.85. The number of fused-ring (bicyclic) bond motifs is 13. The van der Waals surface area contributed by atoms with Crippen molar-refractivity contribution in [3.05, 3.63) is 125 Å². The fraction of sp³-hybridized carbons (Fsp3) is 0.162. The first-order valence-corrected chi connectivity index (χ1v) is 13.8. The molecule has 1 saturated carbocycles. The molecule has 9 rings (SSSR count). The number of para-hydroxylation sites is 1. The Morgan fingerprint density at radius 1 is 0.605 bits per heavy atom. The van der Waals surface area contributed by atoms with E-state index in [-0.39, 0.29) is 5.41 Å². The maximum absolute atomic E-state index is 5.32. The highest BCUT2D eigenvalue weighted by atomic mass is 14.7. The molecule has 1 fully saturated rings. The van der Waals surface area contributed by atoms with Crippen LogP contribution in [-0.2, 0) is 5.41 Å². The van der Waals surface area contributed by atoms with Crippen molar-refractivity contribution in [1.82, 2.24) is 4.98 Å². The first-order chi connectivity index (χ1) is 18.6. The van der Waals surface area contributed by atoms with Gasteiger partial charge < -0.3 is 0 Å². The summed E-state index contributed by atoms with van der Waals surface area (Å²) in [5.41, 5.74) is 15.2. The standard InChI is InChI=1S/C37H27N/c1-37(2)31-16-7-5-11-22(31)25-19-18-24-29-20-30(29)33-27(34(24)35(25)37)14-9-15-28(33)36-26-13-4-3-10-21(26)23-12-6-8-17-32(23)38-36/h3-19,29-30H,20H2,1-2H3. The molecule has 0 radical (unpaired) electrons. The molecule has 2 atom stereocenters. The van der Waals surface area contributed by atoms with Crippen molar-refractivity contribution in [3.8, 4) is 33.5 Å². The van der Waals surface area contributed by atoms with E-state index in [1.165, 1.54) is 67.1 Å². The van der Waals surface area contributed by atoms with Crippen LogP contribution < -0.4 is 0 Å². The Kier molecular flexibility index (Phi) is 3.83. The minimum atomic E-state index is -0.0276. The van der Waals surface area contributed by atoms with Gasteiger partial charge in [-0.25, -0.2) is 4.98 Å². The second kappa shape index (κ2) is 6.99. The van der Waals surface area contributed by atoms with Crippen molar-refractivity contribution >= 4 is 21.7 Å². The number of pyridine rings is 1. The Bertz CT molecular complexity index is 1990. The molecular weight excluding hydrogens is 458 g/mol. The summed E-state index contributed by atoms with van der Waals surface area (Å²) in [4.78, 5) is 5.32. The molecule has 1 heterocycles. The first kappa shape index (κ1) is 20.8. The van der Waals surface area contributed by atoms with E-state index in [1.54, 1.807) is 5.56 Å². The highest BCUT2D eigenvalue weighted by Crippen LogP contribution is 2.67. The first-order valence-electron chi connectivity index (χ1n) is 13.8. The molecule has 1 nitrogen and oxygen atoms in total. The van der Waals surface area contributed by atoms with Crippen LogP contribution in [0.3, 0.4) is 0 Å². The van der Waals surface area contributed by atoms with Crippen LogP contribution in [0.2, 0.25) is 0 Å². The van der Waals surface area contributed by atoms with Crippen molar-refractivity contribution in [2.75, 3.05) is 0 Å². The minimum absolute atomic E-state index is 0.0276. The van der Waals surface area contributed by atoms with Crippen LogP contribution in [0.25, 0.3) is 55.2 Å². The summed E-state index contributed by atoms with van der Waals surface area (Å²) in [7, 11) is 0. The Labute approximate surface area is 222 Å². The van der Waals surface area contributed by atoms with E-state index in [0.717, 1.165) is 11.2 Å². The largest absolute Gasteiger partial charge is 0.247 e. The average Bonchev–Trinajstić information content (AvgIpc) is 3.73. The predicted molar refractivity (Wildman–Crippen MR) is 158 cm³/mol. The van der Waals surface area contributed by atoms with Gasteiger partial charge in [0.1, 0.15) is 0 Å². The van der Waals surface area contributed by atoms with E-state index in [0.29, 0.717) is 11.8 Å². The lowest BCUT2D eigenvalue weighted by molar-refractivity contribution is 0.660. The lowest BCUT2D eigenvalue weighted by Gasteiger charge is -2.30. The summed E-state index contributed by atoms with van der Waals surface area (Å²) in [5.74, 6) is 1.18. The van der Waals surface area contributed by atoms with E-state index in [9.17, 15) is 0 Å². The number of benzene rings is 5. The third-order valence-electron chi connectivity index (χ3n) is 9.55. The molecule has 1 heteroatoms. The zero-order valence-corrected chi connectivity index (χ0v) is 21.6. The zero-order valence-electron chi connectivity index (χ0n) is 21.6. The SMILES string of the molecule is CC1(C)c2ccccc2-c2ccc3c(c21)-c1cccc(-c2nc4ccccc4c4ccccc24)c1C1CC31. The van der Waals surface area contributed by atoms with Gasteiger partial charge in [-0.3, -0.25) is 0 Å². The van der Waals surface area contributed by atoms with Gasteiger partial charge in [0.15, 0.2) is 0 Å². The van der Waals surface area contributed by atoms with Crippen molar-refractivity contribution in [2.45, 2.75) is 37.5 Å². The molecule has 1 aromatic heterocycles. The van der Waals surface area contributed by atoms with Crippen LogP contribution in [0.4, 0.5) is 0 Å². The number of nitrogens with zero attached hydrogens (tertiary/aromatic N) is 1. The quantitative estimate of drug-likeness (QED) is 0.211. The van der Waals surface area contributed by atoms with Crippen LogP contribution in [0, 0.1) is 0 Å². The molecule has 180 valence electrons. The fourth-order valence-corrected chi connectivity index (χ4v) is 7.85. The smallest absolute Gasteiger partial charge is 0.0791 e. The summed E-state index contributed by atoms with van der Waals surface area (Å²) in [6, 6.07) is 38.2. The van der Waals surface area contributed by atoms with Crippen LogP contribution >= 0.6 is 0 Å². The van der Waals surface area contributed by atoms with E-state index in [2.05, 4.69) is 117 Å². The van der Waals surface area contributed by atoms with Gasteiger partial charge in [-0.05, 0) is 74.2 Å². The molecular formula is C37H27N. The van der Waals surface area contributed by atoms with Crippen molar-refractivity contribution < 1.29 is 0 Å². The molecule has 3 aliphatic rings. The van der Waals surface area contributed by atoms with E-state index >= 15 is 0 Å². The lowest BCUT2D eigenvalue weighted by atomic mass is 9.73. The number of aromatic nitrogens is 1. The minimum Gasteiger partial charge on any atom is -0.247 e. The molecule has 3 aliphatic carbocycles. The van der Waals surface area contributed by atoms with E-state index < -0.39 is 0 Å². The molecule has 0 amide bonds. The molecule has 38 heavy (non-hydrogen) atoms. The Morgan fingerprint density at radius 3 is 2.21 bits per heavy atom. The predicted octanol–water partition coefficient (Wildman–Crippen LogP) is 9.61. The van der Waals surface area contributed by atoms with Gasteiger partial charge >= 0.3 is 0 Å². The van der Waals surface area contributed by atoms with Crippen molar-refractivity contribution in [1.29, 1.82) is 0 Å². The normalized spacial score (nSPS) is 19.4. The summed E-state index contributed by atoms with van der Waals surface area (Å²) < 4.78 is 0. The van der Waals surface area contributed by atoms with Gasteiger partial charge in [0.05, 0.1) is 11.2 Å². The summed E-state index contributed by atoms with van der Waals surface area (Å²) >= 11 is 0. The molecule has 0 aliphatic heterocycles. The van der Waals surface area contributed by atoms with Gasteiger partial charge in [-0.1, -0.05) is 111 Å². The van der Waals surface area contributed by atoms with E-state index in [4.69, 9.17) is 4.98 Å². The number of hydrogen-bond acceptors (Lipinski definition) is 1. The van der Waals surface area contributed by atoms with Gasteiger partial charge in [0, 0.05) is 21.8 Å². The Hall–Kier alpha value is -4.23. The molecule has 0 bridgehead atoms. The monoisotopic (exact) mass is 485 g/mol. The van der Waals surface area contributed by atoms with Gasteiger partial charge in [0.2, 0.25) is 0 Å². The van der Waals surface area contributed by atoms with E-state index in [1.807, 2.05) is 0 Å². The Morgan fingerprint density at radius 2 is 1.32 bits per heavy atom. The van der Waals surface area contributed by atoms with Crippen LogP contribution in [0.15, 0.2) is 103 Å². The molecule has 5 aromatic carbocycles. The maximum Gasteiger partial charge on any atom is 0.0791 e. The van der Waals surface area contributed by atoms with Gasteiger partial charge in [-0.2, -0.15) is 0 Å². The topological polar surface area (TPSA) is 12.9 Å². The molecule has 0 saturated heterocycles. The highest BCUT2D eigenvalue weighted by molar-refractivity contribution is 6.11. The van der Waals surface area contributed by atoms with Crippen molar-refractivity contribution in [2.24, 2.45) is 0 Å². The summed E-state index contributed by atoms with van der Waals surface area (Å²) in [5, 5.41) is 3.75. The van der Waals surface area contributed by atoms with Crippen LogP contribution in [0.5, 0.6) is 0 Å². The molecule has 0 N–H and O–H groups in total. The summed E-state index contributed by atoms with van der Waals surface area (Å²) in [6.45, 7) is 4.83. The second-order valence-corrected chi connectivity index (χ2v) is 11.9. The zero-order chi connectivity index (χ0) is 25.2. The van der Waals surface area contributed by atoms with Crippen LogP contribution in [0.1, 0.15) is 54.4 Å². The third-order valence-corrected chi connectivity index (χ3v) is 9.55. The maximum atomic E-state index is 5.32. The van der Waals surface area contributed by atoms with Gasteiger partial charge in [0.25, 0.3) is 0 Å². The molecule has 0 spiro atoms. The van der Waals surface area contributed by atoms with Gasteiger partial charge in [-0.15, -0.1) is 0 Å². The molecule has 2 unspecified atom stereocenters. The molecule has 6 aromatic rings. The summed E-state index contributed by atoms with van der Waals surface area (Å²) in [6.07, 6.45) is 1.23. The van der Waals surface area contributed by atoms with Crippen LogP contribution in [-0.4, -0.2) is 4.98 Å². The highest BCUT2D eigenvalue weighted by Gasteiger charge is 2.50. The average molecular weight is 486 g/mol. The number of rotatable bonds is 1. The number of hydrogen-bond donors (Lipinski definition) is 0. The van der Waals surface area contributed by atoms with Crippen molar-refractivity contribution in [3.63, 3.8) is 0 Å². The second-order valence-electron chi connectivity index (χ2n) is 11.9. The Balaban J connectivity index is 1.37. The lowest BCUT2D eigenvalue weighted by Crippen LogP contribution is -2.18.